The number of methoxy groups -OCH3 is 1. The van der Waals surface area contributed by atoms with Gasteiger partial charge in [-0.05, 0) is 60.4 Å². The van der Waals surface area contributed by atoms with Crippen LogP contribution < -0.4 is 10.5 Å². The zero-order valence-electron chi connectivity index (χ0n) is 11.4. The lowest BCUT2D eigenvalue weighted by Crippen LogP contribution is -2.07. The Balaban J connectivity index is 2.60. The van der Waals surface area contributed by atoms with Gasteiger partial charge in [-0.2, -0.15) is 0 Å². The van der Waals surface area contributed by atoms with Crippen LogP contribution in [0.15, 0.2) is 36.4 Å². The summed E-state index contributed by atoms with van der Waals surface area (Å²) in [6, 6.07) is 10.3. The van der Waals surface area contributed by atoms with Crippen LogP contribution in [0.3, 0.4) is 0 Å². The summed E-state index contributed by atoms with van der Waals surface area (Å²) in [5, 5.41) is 0. The predicted octanol–water partition coefficient (Wildman–Crippen LogP) is 3.83. The van der Waals surface area contributed by atoms with Crippen LogP contribution in [0, 0.1) is 12.7 Å². The lowest BCUT2D eigenvalue weighted by molar-refractivity contribution is 0.414. The Morgan fingerprint density at radius 3 is 2.42 bits per heavy atom. The normalized spacial score (nSPS) is 12.3. The van der Waals surface area contributed by atoms with Crippen molar-refractivity contribution in [2.75, 3.05) is 7.11 Å². The highest BCUT2D eigenvalue weighted by Crippen LogP contribution is 2.32. The minimum absolute atomic E-state index is 0.142. The molecule has 0 aromatic heterocycles. The molecule has 0 saturated heterocycles. The highest BCUT2D eigenvalue weighted by molar-refractivity contribution is 5.72. The van der Waals surface area contributed by atoms with Crippen molar-refractivity contribution in [3.63, 3.8) is 0 Å². The summed E-state index contributed by atoms with van der Waals surface area (Å²) in [7, 11) is 1.63. The third-order valence-corrected chi connectivity index (χ3v) is 3.23. The fourth-order valence-corrected chi connectivity index (χ4v) is 2.22. The third kappa shape index (κ3) is 2.76. The van der Waals surface area contributed by atoms with Gasteiger partial charge in [-0.3, -0.25) is 0 Å². The molecular weight excluding hydrogens is 241 g/mol. The largest absolute Gasteiger partial charge is 0.497 e. The molecule has 1 unspecified atom stereocenters. The highest BCUT2D eigenvalue weighted by atomic mass is 19.1. The molecule has 1 atom stereocenters. The minimum Gasteiger partial charge on any atom is -0.497 e. The zero-order valence-corrected chi connectivity index (χ0v) is 11.4. The summed E-state index contributed by atoms with van der Waals surface area (Å²) >= 11 is 0. The standard InChI is InChI=1S/C16H18FNO/c1-10-8-13(19-3)5-7-14(10)16-9-12(17)4-6-15(16)11(2)18/h4-9,11H,18H2,1-3H3. The van der Waals surface area contributed by atoms with Crippen LogP contribution in [0.25, 0.3) is 11.1 Å². The lowest BCUT2D eigenvalue weighted by atomic mass is 9.93. The van der Waals surface area contributed by atoms with E-state index in [9.17, 15) is 4.39 Å². The second-order valence-corrected chi connectivity index (χ2v) is 4.70. The maximum Gasteiger partial charge on any atom is 0.123 e. The van der Waals surface area contributed by atoms with E-state index in [1.54, 1.807) is 13.2 Å². The van der Waals surface area contributed by atoms with Gasteiger partial charge in [0.05, 0.1) is 7.11 Å². The van der Waals surface area contributed by atoms with E-state index in [2.05, 4.69) is 0 Å². The average Bonchev–Trinajstić information content (AvgIpc) is 2.38. The molecule has 0 amide bonds. The van der Waals surface area contributed by atoms with Gasteiger partial charge >= 0.3 is 0 Å². The van der Waals surface area contributed by atoms with Crippen LogP contribution in [-0.2, 0) is 0 Å². The summed E-state index contributed by atoms with van der Waals surface area (Å²) < 4.78 is 18.7. The smallest absolute Gasteiger partial charge is 0.123 e. The number of benzene rings is 2. The molecule has 2 rings (SSSR count). The van der Waals surface area contributed by atoms with Crippen LogP contribution in [0.1, 0.15) is 24.1 Å². The monoisotopic (exact) mass is 259 g/mol. The number of hydrogen-bond acceptors (Lipinski definition) is 2. The quantitative estimate of drug-likeness (QED) is 0.909. The number of nitrogens with two attached hydrogens (primary N) is 1. The Morgan fingerprint density at radius 1 is 1.11 bits per heavy atom. The molecular formula is C16H18FNO. The molecule has 0 aliphatic heterocycles. The topological polar surface area (TPSA) is 35.2 Å². The van der Waals surface area contributed by atoms with Gasteiger partial charge in [0.1, 0.15) is 11.6 Å². The summed E-state index contributed by atoms with van der Waals surface area (Å²) in [5.41, 5.74) is 9.76. The van der Waals surface area contributed by atoms with Crippen molar-refractivity contribution in [1.82, 2.24) is 0 Å². The molecule has 3 heteroatoms. The van der Waals surface area contributed by atoms with Gasteiger partial charge < -0.3 is 10.5 Å². The Bertz CT molecular complexity index is 593. The first-order valence-corrected chi connectivity index (χ1v) is 6.23. The van der Waals surface area contributed by atoms with E-state index in [1.807, 2.05) is 32.0 Å². The first kappa shape index (κ1) is 13.6. The van der Waals surface area contributed by atoms with E-state index >= 15 is 0 Å². The number of halogens is 1. The minimum atomic E-state index is -0.255. The molecule has 0 heterocycles. The molecule has 0 spiro atoms. The Kier molecular flexibility index (Phi) is 3.86. The first-order chi connectivity index (χ1) is 9.02. The molecule has 19 heavy (non-hydrogen) atoms. The van der Waals surface area contributed by atoms with Crippen LogP contribution in [0.2, 0.25) is 0 Å². The molecule has 0 radical (unpaired) electrons. The van der Waals surface area contributed by atoms with Gasteiger partial charge in [-0.1, -0.05) is 12.1 Å². The van der Waals surface area contributed by atoms with E-state index in [4.69, 9.17) is 10.5 Å². The van der Waals surface area contributed by atoms with E-state index < -0.39 is 0 Å². The Morgan fingerprint density at radius 2 is 1.84 bits per heavy atom. The Hall–Kier alpha value is -1.87. The van der Waals surface area contributed by atoms with Gasteiger partial charge in [0, 0.05) is 6.04 Å². The van der Waals surface area contributed by atoms with Crippen molar-refractivity contribution >= 4 is 0 Å². The van der Waals surface area contributed by atoms with Gasteiger partial charge in [0.25, 0.3) is 0 Å². The third-order valence-electron chi connectivity index (χ3n) is 3.23. The average molecular weight is 259 g/mol. The van der Waals surface area contributed by atoms with Crippen LogP contribution >= 0.6 is 0 Å². The molecule has 0 aliphatic rings. The number of rotatable bonds is 3. The molecule has 2 aromatic carbocycles. The van der Waals surface area contributed by atoms with Crippen molar-refractivity contribution in [1.29, 1.82) is 0 Å². The summed E-state index contributed by atoms with van der Waals surface area (Å²) in [5.74, 6) is 0.537. The lowest BCUT2D eigenvalue weighted by Gasteiger charge is -2.15. The molecule has 2 aromatic rings. The summed E-state index contributed by atoms with van der Waals surface area (Å²) in [6.45, 7) is 3.88. The fourth-order valence-electron chi connectivity index (χ4n) is 2.22. The molecule has 2 nitrogen and oxygen atoms in total. The van der Waals surface area contributed by atoms with Crippen LogP contribution in [0.4, 0.5) is 4.39 Å². The van der Waals surface area contributed by atoms with Crippen molar-refractivity contribution in [3.8, 4) is 16.9 Å². The molecule has 2 N–H and O–H groups in total. The van der Waals surface area contributed by atoms with Gasteiger partial charge in [-0.15, -0.1) is 0 Å². The van der Waals surface area contributed by atoms with Gasteiger partial charge in [-0.25, -0.2) is 4.39 Å². The van der Waals surface area contributed by atoms with E-state index in [1.165, 1.54) is 12.1 Å². The van der Waals surface area contributed by atoms with Crippen molar-refractivity contribution < 1.29 is 9.13 Å². The van der Waals surface area contributed by atoms with E-state index in [-0.39, 0.29) is 11.9 Å². The molecule has 0 saturated carbocycles. The fraction of sp³-hybridized carbons (Fsp3) is 0.250. The zero-order chi connectivity index (χ0) is 14.0. The van der Waals surface area contributed by atoms with Crippen molar-refractivity contribution in [2.24, 2.45) is 5.73 Å². The summed E-state index contributed by atoms with van der Waals surface area (Å²) in [6.07, 6.45) is 0. The highest BCUT2D eigenvalue weighted by Gasteiger charge is 2.12. The van der Waals surface area contributed by atoms with E-state index in [0.717, 1.165) is 28.0 Å². The van der Waals surface area contributed by atoms with Crippen LogP contribution in [-0.4, -0.2) is 7.11 Å². The Labute approximate surface area is 113 Å². The second-order valence-electron chi connectivity index (χ2n) is 4.70. The number of ether oxygens (including phenoxy) is 1. The van der Waals surface area contributed by atoms with E-state index in [0.29, 0.717) is 0 Å². The van der Waals surface area contributed by atoms with Gasteiger partial charge in [0.15, 0.2) is 0 Å². The summed E-state index contributed by atoms with van der Waals surface area (Å²) in [4.78, 5) is 0. The van der Waals surface area contributed by atoms with Crippen LogP contribution in [0.5, 0.6) is 5.75 Å². The second kappa shape index (κ2) is 5.41. The number of aryl methyl sites for hydroxylation is 1. The first-order valence-electron chi connectivity index (χ1n) is 6.23. The van der Waals surface area contributed by atoms with Crippen molar-refractivity contribution in [2.45, 2.75) is 19.9 Å². The number of hydrogen-bond donors (Lipinski definition) is 1. The molecule has 100 valence electrons. The molecule has 0 aliphatic carbocycles. The maximum absolute atomic E-state index is 13.5. The maximum atomic E-state index is 13.5. The SMILES string of the molecule is COc1ccc(-c2cc(F)ccc2C(C)N)c(C)c1. The predicted molar refractivity (Wildman–Crippen MR) is 75.7 cm³/mol. The van der Waals surface area contributed by atoms with Crippen molar-refractivity contribution in [3.05, 3.63) is 53.3 Å². The van der Waals surface area contributed by atoms with Gasteiger partial charge in [0.2, 0.25) is 0 Å². The molecule has 0 bridgehead atoms. The molecule has 0 fully saturated rings.